The van der Waals surface area contributed by atoms with Gasteiger partial charge in [0.15, 0.2) is 0 Å². The van der Waals surface area contributed by atoms with Crippen molar-refractivity contribution in [3.8, 4) is 11.3 Å². The van der Waals surface area contributed by atoms with Gasteiger partial charge in [0.1, 0.15) is 0 Å². The smallest absolute Gasteiger partial charge is 0.417 e. The maximum absolute atomic E-state index is 13.4. The normalized spacial score (nSPS) is 12.4. The van der Waals surface area contributed by atoms with Crippen LogP contribution in [0.15, 0.2) is 46.9 Å². The van der Waals surface area contributed by atoms with Gasteiger partial charge in [-0.25, -0.2) is 9.78 Å². The largest absolute Gasteiger partial charge is 0.478 e. The minimum absolute atomic E-state index is 0.0707. The second-order valence-corrected chi connectivity index (χ2v) is 6.70. The van der Waals surface area contributed by atoms with Gasteiger partial charge in [-0.05, 0) is 30.3 Å². The van der Waals surface area contributed by atoms with Gasteiger partial charge in [-0.3, -0.25) is 0 Å². The SMILES string of the molecule is O=C(O)c1cc(-c2cccc(Br)c2)nc2cc(C(F)(F)F)cc(C(F)(F)F)c12. The van der Waals surface area contributed by atoms with Gasteiger partial charge < -0.3 is 5.11 Å². The minimum atomic E-state index is -5.21. The molecular formula is C18H8BrF6NO2. The van der Waals surface area contributed by atoms with Crippen LogP contribution in [0.5, 0.6) is 0 Å². The van der Waals surface area contributed by atoms with Crippen LogP contribution in [0.1, 0.15) is 21.5 Å². The maximum atomic E-state index is 13.4. The first kappa shape index (κ1) is 20.1. The van der Waals surface area contributed by atoms with E-state index in [9.17, 15) is 36.2 Å². The van der Waals surface area contributed by atoms with Crippen LogP contribution in [-0.2, 0) is 12.4 Å². The average Bonchev–Trinajstić information content (AvgIpc) is 2.57. The first-order valence-corrected chi connectivity index (χ1v) is 8.29. The van der Waals surface area contributed by atoms with Gasteiger partial charge >= 0.3 is 18.3 Å². The number of carboxylic acids is 1. The van der Waals surface area contributed by atoms with E-state index in [1.807, 2.05) is 0 Å². The fourth-order valence-corrected chi connectivity index (χ4v) is 3.12. The maximum Gasteiger partial charge on any atom is 0.417 e. The van der Waals surface area contributed by atoms with Crippen LogP contribution in [0.2, 0.25) is 0 Å². The Bertz CT molecular complexity index is 1090. The van der Waals surface area contributed by atoms with Crippen molar-refractivity contribution < 1.29 is 36.2 Å². The van der Waals surface area contributed by atoms with Gasteiger partial charge in [0, 0.05) is 15.4 Å². The highest BCUT2D eigenvalue weighted by Gasteiger charge is 2.39. The van der Waals surface area contributed by atoms with E-state index in [-0.39, 0.29) is 11.8 Å². The molecule has 1 heterocycles. The molecule has 3 aromatic rings. The highest BCUT2D eigenvalue weighted by Crippen LogP contribution is 2.41. The van der Waals surface area contributed by atoms with E-state index < -0.39 is 45.9 Å². The van der Waals surface area contributed by atoms with Crippen LogP contribution in [-0.4, -0.2) is 16.1 Å². The number of alkyl halides is 6. The number of benzene rings is 2. The second kappa shape index (κ2) is 6.77. The molecule has 0 radical (unpaired) electrons. The Morgan fingerprint density at radius 2 is 1.64 bits per heavy atom. The van der Waals surface area contributed by atoms with Crippen molar-refractivity contribution in [3.63, 3.8) is 0 Å². The lowest BCUT2D eigenvalue weighted by atomic mass is 9.97. The van der Waals surface area contributed by atoms with Gasteiger partial charge in [0.05, 0.1) is 27.9 Å². The summed E-state index contributed by atoms with van der Waals surface area (Å²) >= 11 is 3.19. The topological polar surface area (TPSA) is 50.2 Å². The Morgan fingerprint density at radius 1 is 0.964 bits per heavy atom. The van der Waals surface area contributed by atoms with E-state index >= 15 is 0 Å². The number of fused-ring (bicyclic) bond motifs is 1. The molecule has 10 heteroatoms. The first-order chi connectivity index (χ1) is 12.9. The third-order valence-electron chi connectivity index (χ3n) is 3.89. The van der Waals surface area contributed by atoms with Crippen LogP contribution in [0.25, 0.3) is 22.2 Å². The molecule has 0 aliphatic heterocycles. The van der Waals surface area contributed by atoms with Crippen LogP contribution in [0, 0.1) is 0 Å². The zero-order valence-corrected chi connectivity index (χ0v) is 15.1. The third-order valence-corrected chi connectivity index (χ3v) is 4.39. The highest BCUT2D eigenvalue weighted by atomic mass is 79.9. The molecule has 0 bridgehead atoms. The Kier molecular flexibility index (Phi) is 4.86. The molecule has 0 saturated carbocycles. The molecule has 1 aromatic heterocycles. The number of rotatable bonds is 2. The van der Waals surface area contributed by atoms with Gasteiger partial charge in [-0.2, -0.15) is 26.3 Å². The molecule has 1 N–H and O–H groups in total. The summed E-state index contributed by atoms with van der Waals surface area (Å²) in [6.45, 7) is 0. The van der Waals surface area contributed by atoms with Crippen molar-refractivity contribution in [2.24, 2.45) is 0 Å². The summed E-state index contributed by atoms with van der Waals surface area (Å²) in [6.07, 6.45) is -10.3. The fourth-order valence-electron chi connectivity index (χ4n) is 2.72. The van der Waals surface area contributed by atoms with Crippen LogP contribution in [0.4, 0.5) is 26.3 Å². The van der Waals surface area contributed by atoms with E-state index in [0.29, 0.717) is 16.1 Å². The summed E-state index contributed by atoms with van der Waals surface area (Å²) in [6, 6.07) is 7.45. The number of pyridine rings is 1. The number of carbonyl (C=O) groups is 1. The van der Waals surface area contributed by atoms with E-state index in [2.05, 4.69) is 20.9 Å². The highest BCUT2D eigenvalue weighted by molar-refractivity contribution is 9.10. The molecule has 0 aliphatic carbocycles. The van der Waals surface area contributed by atoms with Gasteiger partial charge in [-0.1, -0.05) is 28.1 Å². The molecule has 28 heavy (non-hydrogen) atoms. The second-order valence-electron chi connectivity index (χ2n) is 5.78. The number of hydrogen-bond donors (Lipinski definition) is 1. The number of hydrogen-bond acceptors (Lipinski definition) is 2. The van der Waals surface area contributed by atoms with Crippen molar-refractivity contribution in [2.45, 2.75) is 12.4 Å². The third kappa shape index (κ3) is 3.82. The van der Waals surface area contributed by atoms with E-state index in [1.54, 1.807) is 12.1 Å². The molecular weight excluding hydrogens is 456 g/mol. The Hall–Kier alpha value is -2.62. The first-order valence-electron chi connectivity index (χ1n) is 7.50. The van der Waals surface area contributed by atoms with Gasteiger partial charge in [0.25, 0.3) is 0 Å². The standard InChI is InChI=1S/C18H8BrF6NO2/c19-10-3-1-2-8(4-10)13-7-11(16(27)28)15-12(18(23,24)25)5-9(17(20,21)22)6-14(15)26-13/h1-7H,(H,27,28). The summed E-state index contributed by atoms with van der Waals surface area (Å²) in [4.78, 5) is 15.5. The number of halogens is 7. The van der Waals surface area contributed by atoms with E-state index in [0.717, 1.165) is 6.07 Å². The molecule has 0 spiro atoms. The molecule has 0 atom stereocenters. The predicted molar refractivity (Wildman–Crippen MR) is 91.8 cm³/mol. The van der Waals surface area contributed by atoms with Gasteiger partial charge in [0.2, 0.25) is 0 Å². The lowest BCUT2D eigenvalue weighted by Crippen LogP contribution is -2.14. The molecule has 0 aliphatic rings. The predicted octanol–water partition coefficient (Wildman–Crippen LogP) is 6.40. The van der Waals surface area contributed by atoms with Gasteiger partial charge in [-0.15, -0.1) is 0 Å². The van der Waals surface area contributed by atoms with E-state index in [1.165, 1.54) is 12.1 Å². The summed E-state index contributed by atoms with van der Waals surface area (Å²) in [5.41, 5.74) is -4.52. The lowest BCUT2D eigenvalue weighted by Gasteiger charge is -2.17. The monoisotopic (exact) mass is 463 g/mol. The fraction of sp³-hybridized carbons (Fsp3) is 0.111. The molecule has 0 fully saturated rings. The van der Waals surface area contributed by atoms with Crippen LogP contribution < -0.4 is 0 Å². The lowest BCUT2D eigenvalue weighted by molar-refractivity contribution is -0.142. The minimum Gasteiger partial charge on any atom is -0.478 e. The van der Waals surface area contributed by atoms with Crippen molar-refractivity contribution in [1.82, 2.24) is 4.98 Å². The molecule has 0 amide bonds. The Balaban J connectivity index is 2.46. The molecule has 3 rings (SSSR count). The van der Waals surface area contributed by atoms with Crippen LogP contribution in [0.3, 0.4) is 0 Å². The molecule has 3 nitrogen and oxygen atoms in total. The van der Waals surface area contributed by atoms with Crippen molar-refractivity contribution in [1.29, 1.82) is 0 Å². The van der Waals surface area contributed by atoms with Crippen molar-refractivity contribution in [3.05, 3.63) is 63.6 Å². The summed E-state index contributed by atoms with van der Waals surface area (Å²) < 4.78 is 80.1. The van der Waals surface area contributed by atoms with E-state index in [4.69, 9.17) is 0 Å². The zero-order valence-electron chi connectivity index (χ0n) is 13.5. The van der Waals surface area contributed by atoms with Crippen molar-refractivity contribution >= 4 is 32.8 Å². The average molecular weight is 464 g/mol. The summed E-state index contributed by atoms with van der Waals surface area (Å²) in [5, 5.41) is 8.50. The zero-order chi connectivity index (χ0) is 20.9. The Morgan fingerprint density at radius 3 is 2.18 bits per heavy atom. The number of aromatic carboxylic acids is 1. The number of carboxylic acid groups (broad SMARTS) is 1. The molecule has 0 saturated heterocycles. The summed E-state index contributed by atoms with van der Waals surface area (Å²) in [7, 11) is 0. The van der Waals surface area contributed by atoms with Crippen LogP contribution >= 0.6 is 15.9 Å². The number of aromatic nitrogens is 1. The molecule has 0 unspecified atom stereocenters. The molecule has 146 valence electrons. The van der Waals surface area contributed by atoms with Crippen molar-refractivity contribution in [2.75, 3.05) is 0 Å². The number of nitrogens with zero attached hydrogens (tertiary/aromatic N) is 1. The quantitative estimate of drug-likeness (QED) is 0.447. The Labute approximate surface area is 161 Å². The molecule has 2 aromatic carbocycles. The summed E-state index contributed by atoms with van der Waals surface area (Å²) in [5.74, 6) is -1.71.